The van der Waals surface area contributed by atoms with Crippen LogP contribution in [0.1, 0.15) is 124 Å². The Morgan fingerprint density at radius 1 is 0.592 bits per heavy atom. The highest BCUT2D eigenvalue weighted by molar-refractivity contribution is 7.44. The first-order chi connectivity index (χ1) is 63.0. The molecule has 5 heterocycles. The van der Waals surface area contributed by atoms with Gasteiger partial charge in [-0.1, -0.05) is 80.6 Å². The summed E-state index contributed by atoms with van der Waals surface area (Å²) >= 11 is 0. The molecule has 0 spiro atoms. The van der Waals surface area contributed by atoms with Crippen molar-refractivity contribution in [1.29, 1.82) is 5.26 Å². The number of methoxy groups -OCH3 is 2. The minimum atomic E-state index is -1.99. The van der Waals surface area contributed by atoms with E-state index < -0.39 is 98.6 Å². The molecule has 3 aromatic carbocycles. The van der Waals surface area contributed by atoms with E-state index in [0.29, 0.717) is 188 Å². The van der Waals surface area contributed by atoms with Gasteiger partial charge in [0.1, 0.15) is 59.9 Å². The monoisotopic (exact) mass is 1850 g/mol. The van der Waals surface area contributed by atoms with Gasteiger partial charge in [0.2, 0.25) is 17.8 Å². The fourth-order valence-electron chi connectivity index (χ4n) is 13.8. The van der Waals surface area contributed by atoms with Gasteiger partial charge in [-0.3, -0.25) is 43.6 Å². The molecule has 8 rings (SSSR count). The quantitative estimate of drug-likeness (QED) is 0.0108. The first-order valence-electron chi connectivity index (χ1n) is 44.1. The van der Waals surface area contributed by atoms with Crippen LogP contribution in [-0.4, -0.2) is 316 Å². The number of imidazole rings is 1. The number of amides is 2. The molecule has 10 atom stereocenters. The number of anilines is 1. The number of nitrogens with one attached hydrogen (secondary N) is 3. The van der Waals surface area contributed by atoms with Crippen LogP contribution in [0.4, 0.5) is 5.95 Å². The molecule has 0 radical (unpaired) electrons. The molecule has 6 aromatic rings. The van der Waals surface area contributed by atoms with Gasteiger partial charge in [0.05, 0.1) is 211 Å². The molecule has 2 amide bonds. The van der Waals surface area contributed by atoms with Crippen molar-refractivity contribution in [2.75, 3.05) is 198 Å². The molecule has 7 unspecified atom stereocenters. The number of aromatic nitrogens is 7. The fraction of sp³-hybridized carbons (Fsp3) is 0.652. The molecule has 130 heavy (non-hydrogen) atoms. The molecule has 0 saturated carbocycles. The van der Waals surface area contributed by atoms with E-state index >= 15 is 0 Å². The lowest BCUT2D eigenvalue weighted by atomic mass is 9.80. The number of unbranched alkanes of at least 4 members (excludes halogenated alkanes) is 1. The number of carbonyl (C=O) groups excluding carboxylic acids is 5. The molecule has 2 saturated heterocycles. The second-order valence-electron chi connectivity index (χ2n) is 30.9. The van der Waals surface area contributed by atoms with Crippen molar-refractivity contribution in [3.05, 3.63) is 124 Å². The van der Waals surface area contributed by atoms with E-state index in [4.69, 9.17) is 114 Å². The predicted octanol–water partition coefficient (Wildman–Crippen LogP) is 7.75. The van der Waals surface area contributed by atoms with Crippen LogP contribution >= 0.6 is 8.53 Å². The molecule has 0 bridgehead atoms. The van der Waals surface area contributed by atoms with Gasteiger partial charge in [0, 0.05) is 64.3 Å². The molecule has 40 nitrogen and oxygen atoms in total. The Bertz CT molecular complexity index is 4260. The SMILES string of the molecule is COc1ccc(C(OCC2O[C@@H](n3cnc4c(=O)[nH]c(NC(=O)C(C)C)nc43)[C@H](OCc3cn(CCOCCOCCOCCOCCOCCOCCOCCOCCOCCOCCOCCNC(=O)CCCCOC4OC(COC(C)=O)C(OC(C)=O)C(OC(C)=O)C4C)nn3)[C@@H]2OP(OCCC#N)N(C(C)C)C(C)C)(c2ccccc2)c2ccc(OC)cc2)cc1. The van der Waals surface area contributed by atoms with Crippen LogP contribution in [0.2, 0.25) is 0 Å². The van der Waals surface area contributed by atoms with Gasteiger partial charge >= 0.3 is 17.9 Å². The summed E-state index contributed by atoms with van der Waals surface area (Å²) < 4.78 is 142. The largest absolute Gasteiger partial charge is 0.497 e. The van der Waals surface area contributed by atoms with Crippen LogP contribution < -0.4 is 25.7 Å². The van der Waals surface area contributed by atoms with Crippen LogP contribution in [0.3, 0.4) is 0 Å². The number of hydrogen-bond donors (Lipinski definition) is 3. The molecule has 3 aromatic heterocycles. The second-order valence-corrected chi connectivity index (χ2v) is 32.3. The third kappa shape index (κ3) is 36.0. The maximum Gasteiger partial charge on any atom is 0.303 e. The van der Waals surface area contributed by atoms with Crippen molar-refractivity contribution < 1.29 is 132 Å². The van der Waals surface area contributed by atoms with Crippen LogP contribution in [0.15, 0.2) is 96.2 Å². The van der Waals surface area contributed by atoms with Gasteiger partial charge in [0.15, 0.2) is 29.8 Å². The normalized spacial score (nSPS) is 18.4. The lowest BCUT2D eigenvalue weighted by Gasteiger charge is -2.43. The van der Waals surface area contributed by atoms with Gasteiger partial charge < -0.3 is 114 Å². The highest BCUT2D eigenvalue weighted by atomic mass is 31.2. The van der Waals surface area contributed by atoms with E-state index in [-0.39, 0.29) is 86.9 Å². The summed E-state index contributed by atoms with van der Waals surface area (Å²) in [6.45, 7) is 26.1. The summed E-state index contributed by atoms with van der Waals surface area (Å²) in [5.74, 6) is -2.02. The zero-order valence-electron chi connectivity index (χ0n) is 76.8. The average molecular weight is 1850 g/mol. The molecule has 2 aliphatic heterocycles. The summed E-state index contributed by atoms with van der Waals surface area (Å²) in [4.78, 5) is 86.6. The lowest BCUT2D eigenvalue weighted by Crippen LogP contribution is -2.58. The fourth-order valence-corrected chi connectivity index (χ4v) is 15.6. The Kier molecular flexibility index (Phi) is 49.0. The van der Waals surface area contributed by atoms with E-state index in [1.54, 1.807) is 50.4 Å². The van der Waals surface area contributed by atoms with Crippen LogP contribution in [0, 0.1) is 23.2 Å². The van der Waals surface area contributed by atoms with Crippen LogP contribution in [0.5, 0.6) is 11.5 Å². The Morgan fingerprint density at radius 3 is 1.60 bits per heavy atom. The Labute approximate surface area is 760 Å². The minimum Gasteiger partial charge on any atom is -0.497 e. The van der Waals surface area contributed by atoms with Crippen LogP contribution in [-0.2, 0) is 142 Å². The molecule has 0 aliphatic carbocycles. The zero-order valence-corrected chi connectivity index (χ0v) is 77.7. The van der Waals surface area contributed by atoms with Crippen molar-refractivity contribution in [2.24, 2.45) is 11.8 Å². The molecule has 2 aliphatic rings. The topological polar surface area (TPSA) is 443 Å². The zero-order chi connectivity index (χ0) is 93.3. The van der Waals surface area contributed by atoms with Crippen molar-refractivity contribution in [3.63, 3.8) is 0 Å². The number of nitriles is 1. The number of aromatic amines is 1. The van der Waals surface area contributed by atoms with E-state index in [1.165, 1.54) is 27.1 Å². The van der Waals surface area contributed by atoms with Crippen molar-refractivity contribution in [3.8, 4) is 17.6 Å². The molecule has 41 heteroatoms. The summed E-state index contributed by atoms with van der Waals surface area (Å²) in [6.07, 6.45) is -3.31. The number of hydrogen-bond acceptors (Lipinski definition) is 35. The maximum absolute atomic E-state index is 13.9. The average Bonchev–Trinajstić information content (AvgIpc) is 1.40. The van der Waals surface area contributed by atoms with Crippen molar-refractivity contribution >= 4 is 55.4 Å². The van der Waals surface area contributed by atoms with E-state index in [0.717, 1.165) is 16.7 Å². The minimum absolute atomic E-state index is 0.0275. The molecular weight excluding hydrogens is 1720 g/mol. The number of nitrogens with zero attached hydrogens (tertiary/aromatic N) is 8. The van der Waals surface area contributed by atoms with Gasteiger partial charge in [-0.15, -0.1) is 5.10 Å². The second kappa shape index (κ2) is 59.7. The van der Waals surface area contributed by atoms with Crippen LogP contribution in [0.25, 0.3) is 11.2 Å². The van der Waals surface area contributed by atoms with E-state index in [2.05, 4.69) is 41.7 Å². The standard InChI is InChI=1S/C89H132N11O29P/c1-62(2)84(105)94-88-93-83-78(85(106)95-88)92-61-99(83)86-82(81(129-130(124-34-18-30-90)100(63(3)4)64(5)6)76(127-86)60-123-89(69-19-14-13-15-20-69,70-22-26-73(107-11)27-23-70)71-24-28-74(108-12)29-25-71)122-58-72-57-98(97-96-72)32-36-110-38-40-112-42-44-114-46-48-116-50-52-118-54-56-119-55-53-117-51-49-115-47-45-113-43-41-111-39-37-109-35-31-91-77(104)21-16-17-33-120-87-65(7)79(125-67(9)102)80(126-68(10)103)75(128-87)59-121-66(8)101/h13-15,19-20,22-29,57,61-65,75-76,79-82,86-87H,16-18,21,31-56,58-60H2,1-12H3,(H,91,104)(H2,93,94,95,105,106)/t65?,75?,76?,79?,80?,81-,82-,86-,87?,130?/m1/s1. The third-order valence-electron chi connectivity index (χ3n) is 20.1. The molecule has 722 valence electrons. The van der Waals surface area contributed by atoms with Gasteiger partial charge in [0.25, 0.3) is 14.1 Å². The number of fused-ring (bicyclic) bond motifs is 1. The Hall–Kier alpha value is -8.74. The number of rotatable bonds is 68. The van der Waals surface area contributed by atoms with E-state index in [9.17, 15) is 34.0 Å². The highest BCUT2D eigenvalue weighted by Crippen LogP contribution is 2.52. The summed E-state index contributed by atoms with van der Waals surface area (Å²) in [5.41, 5.74) is 0.920. The summed E-state index contributed by atoms with van der Waals surface area (Å²) in [6, 6.07) is 27.2. The number of carbonyl (C=O) groups is 5. The predicted molar refractivity (Wildman–Crippen MR) is 470 cm³/mol. The Morgan fingerprint density at radius 2 is 1.10 bits per heavy atom. The van der Waals surface area contributed by atoms with Gasteiger partial charge in [-0.25, -0.2) is 14.3 Å². The summed E-state index contributed by atoms with van der Waals surface area (Å²) in [7, 11) is 1.23. The first kappa shape index (κ1) is 107. The smallest absolute Gasteiger partial charge is 0.303 e. The van der Waals surface area contributed by atoms with Gasteiger partial charge in [-0.2, -0.15) is 10.2 Å². The Balaban J connectivity index is 0.667. The maximum atomic E-state index is 13.9. The van der Waals surface area contributed by atoms with Crippen molar-refractivity contribution in [2.45, 2.75) is 175 Å². The highest BCUT2D eigenvalue weighted by Gasteiger charge is 2.53. The third-order valence-corrected chi connectivity index (χ3v) is 22.2. The number of H-pyrrole nitrogens is 1. The summed E-state index contributed by atoms with van der Waals surface area (Å²) in [5, 5.41) is 24.2. The van der Waals surface area contributed by atoms with Crippen molar-refractivity contribution in [1.82, 2.24) is 44.5 Å². The molecule has 2 fully saturated rings. The van der Waals surface area contributed by atoms with Gasteiger partial charge in [-0.05, 0) is 81.5 Å². The molecule has 3 N–H and O–H groups in total. The number of ether oxygens (including phenoxy) is 21. The first-order valence-corrected chi connectivity index (χ1v) is 45.2. The number of esters is 3. The van der Waals surface area contributed by atoms with E-state index in [1.807, 2.05) is 107 Å². The number of benzene rings is 3. The lowest BCUT2D eigenvalue weighted by molar-refractivity contribution is -0.288. The molecular formula is C89H132N11O29P.